The summed E-state index contributed by atoms with van der Waals surface area (Å²) in [5, 5.41) is 9.37. The monoisotopic (exact) mass is 310 g/mol. The van der Waals surface area contributed by atoms with Crippen LogP contribution >= 0.6 is 0 Å². The van der Waals surface area contributed by atoms with Gasteiger partial charge < -0.3 is 5.11 Å². The van der Waals surface area contributed by atoms with Crippen LogP contribution in [0.15, 0.2) is 29.2 Å². The van der Waals surface area contributed by atoms with Crippen molar-refractivity contribution in [3.8, 4) is 0 Å². The van der Waals surface area contributed by atoms with Gasteiger partial charge in [-0.1, -0.05) is 19.1 Å². The molecule has 2 atom stereocenters. The zero-order valence-corrected chi connectivity index (χ0v) is 13.8. The Labute approximate surface area is 130 Å². The van der Waals surface area contributed by atoms with Crippen LogP contribution in [0.25, 0.3) is 0 Å². The van der Waals surface area contributed by atoms with E-state index >= 15 is 0 Å². The van der Waals surface area contributed by atoms with E-state index in [0.29, 0.717) is 6.04 Å². The minimum atomic E-state index is -0.900. The van der Waals surface area contributed by atoms with Crippen molar-refractivity contribution in [2.24, 2.45) is 0 Å². The van der Waals surface area contributed by atoms with Gasteiger partial charge >= 0.3 is 0 Å². The van der Waals surface area contributed by atoms with E-state index in [-0.39, 0.29) is 6.61 Å². The fraction of sp³-hybridized carbons (Fsp3) is 0.625. The number of benzene rings is 1. The summed E-state index contributed by atoms with van der Waals surface area (Å²) in [6.07, 6.45) is 2.71. The number of hydrogen-bond acceptors (Lipinski definition) is 4. The van der Waals surface area contributed by atoms with Crippen molar-refractivity contribution in [1.29, 1.82) is 0 Å². The lowest BCUT2D eigenvalue weighted by Gasteiger charge is -2.38. The number of aliphatic hydroxyl groups is 1. The fourth-order valence-electron chi connectivity index (χ4n) is 2.83. The molecule has 0 bridgehead atoms. The van der Waals surface area contributed by atoms with Crippen LogP contribution in [0, 0.1) is 0 Å². The van der Waals surface area contributed by atoms with Crippen molar-refractivity contribution in [2.45, 2.75) is 30.8 Å². The third-order valence-corrected chi connectivity index (χ3v) is 5.20. The van der Waals surface area contributed by atoms with E-state index < -0.39 is 10.8 Å². The second-order valence-electron chi connectivity index (χ2n) is 5.65. The van der Waals surface area contributed by atoms with E-state index in [4.69, 9.17) is 0 Å². The lowest BCUT2D eigenvalue weighted by molar-refractivity contribution is 0.0608. The van der Waals surface area contributed by atoms with Crippen LogP contribution < -0.4 is 0 Å². The van der Waals surface area contributed by atoms with Gasteiger partial charge in [-0.15, -0.1) is 0 Å². The predicted molar refractivity (Wildman–Crippen MR) is 86.8 cm³/mol. The Balaban J connectivity index is 1.84. The van der Waals surface area contributed by atoms with Crippen molar-refractivity contribution in [3.05, 3.63) is 29.8 Å². The van der Waals surface area contributed by atoms with E-state index in [0.717, 1.165) is 44.0 Å². The van der Waals surface area contributed by atoms with Gasteiger partial charge in [0.15, 0.2) is 0 Å². The van der Waals surface area contributed by atoms with Gasteiger partial charge in [-0.25, -0.2) is 0 Å². The first-order chi connectivity index (χ1) is 10.1. The molecule has 1 saturated heterocycles. The highest BCUT2D eigenvalue weighted by molar-refractivity contribution is 7.84. The fourth-order valence-corrected chi connectivity index (χ4v) is 3.35. The van der Waals surface area contributed by atoms with Crippen LogP contribution in [0.1, 0.15) is 18.9 Å². The molecule has 1 aromatic carbocycles. The zero-order chi connectivity index (χ0) is 15.2. The van der Waals surface area contributed by atoms with Crippen LogP contribution in [0.5, 0.6) is 0 Å². The van der Waals surface area contributed by atoms with E-state index in [1.807, 2.05) is 12.1 Å². The predicted octanol–water partition coefficient (Wildman–Crippen LogP) is 1.31. The highest BCUT2D eigenvalue weighted by Crippen LogP contribution is 2.13. The van der Waals surface area contributed by atoms with E-state index in [9.17, 15) is 9.32 Å². The standard InChI is InChI=1S/C16H26N2O2S/c1-3-15(13-19)18-10-8-17(9-11-18)12-14-4-6-16(7-5-14)21(2)20/h4-7,15,19H,3,8-13H2,1-2H3. The van der Waals surface area contributed by atoms with Gasteiger partial charge in [0.25, 0.3) is 0 Å². The Bertz CT molecular complexity index is 452. The minimum Gasteiger partial charge on any atom is -0.395 e. The lowest BCUT2D eigenvalue weighted by atomic mass is 10.1. The number of hydrogen-bond donors (Lipinski definition) is 1. The first kappa shape index (κ1) is 16.6. The third kappa shape index (κ3) is 4.61. The van der Waals surface area contributed by atoms with E-state index in [2.05, 4.69) is 28.9 Å². The molecule has 0 spiro atoms. The van der Waals surface area contributed by atoms with Gasteiger partial charge in [0.05, 0.1) is 6.61 Å². The number of aliphatic hydroxyl groups excluding tert-OH is 1. The van der Waals surface area contributed by atoms with Crippen molar-refractivity contribution >= 4 is 10.8 Å². The first-order valence-corrected chi connectivity index (χ1v) is 9.19. The van der Waals surface area contributed by atoms with Crippen molar-refractivity contribution in [1.82, 2.24) is 9.80 Å². The zero-order valence-electron chi connectivity index (χ0n) is 13.0. The molecule has 0 amide bonds. The summed E-state index contributed by atoms with van der Waals surface area (Å²) < 4.78 is 11.4. The molecule has 0 aliphatic carbocycles. The third-order valence-electron chi connectivity index (χ3n) is 4.27. The molecule has 1 fully saturated rings. The van der Waals surface area contributed by atoms with E-state index in [1.54, 1.807) is 6.26 Å². The van der Waals surface area contributed by atoms with Crippen LogP contribution in [0.2, 0.25) is 0 Å². The molecule has 1 aromatic rings. The smallest absolute Gasteiger partial charge is 0.0586 e. The van der Waals surface area contributed by atoms with Gasteiger partial charge in [-0.3, -0.25) is 14.0 Å². The molecule has 1 aliphatic rings. The van der Waals surface area contributed by atoms with Crippen LogP contribution in [0.4, 0.5) is 0 Å². The number of piperazine rings is 1. The Morgan fingerprint density at radius 2 is 1.81 bits per heavy atom. The van der Waals surface area contributed by atoms with Crippen LogP contribution in [0.3, 0.4) is 0 Å². The van der Waals surface area contributed by atoms with Crippen molar-refractivity contribution in [3.63, 3.8) is 0 Å². The number of nitrogens with zero attached hydrogens (tertiary/aromatic N) is 2. The minimum absolute atomic E-state index is 0.256. The summed E-state index contributed by atoms with van der Waals surface area (Å²) in [5.74, 6) is 0. The van der Waals surface area contributed by atoms with E-state index in [1.165, 1.54) is 5.56 Å². The topological polar surface area (TPSA) is 43.8 Å². The Morgan fingerprint density at radius 3 is 2.29 bits per heavy atom. The van der Waals surface area contributed by atoms with Gasteiger partial charge in [0.1, 0.15) is 0 Å². The molecule has 4 nitrogen and oxygen atoms in total. The lowest BCUT2D eigenvalue weighted by Crippen LogP contribution is -2.50. The molecular weight excluding hydrogens is 284 g/mol. The SMILES string of the molecule is CCC(CO)N1CCN(Cc2ccc(S(C)=O)cc2)CC1. The average Bonchev–Trinajstić information content (AvgIpc) is 2.51. The Kier molecular flexibility index (Phi) is 6.36. The second-order valence-corrected chi connectivity index (χ2v) is 7.03. The van der Waals surface area contributed by atoms with Crippen LogP contribution in [-0.2, 0) is 17.3 Å². The average molecular weight is 310 g/mol. The maximum absolute atomic E-state index is 11.4. The summed E-state index contributed by atoms with van der Waals surface area (Å²) in [5.41, 5.74) is 1.27. The summed E-state index contributed by atoms with van der Waals surface area (Å²) in [4.78, 5) is 5.72. The molecule has 1 aliphatic heterocycles. The van der Waals surface area contributed by atoms with Crippen molar-refractivity contribution < 1.29 is 9.32 Å². The maximum Gasteiger partial charge on any atom is 0.0586 e. The summed E-state index contributed by atoms with van der Waals surface area (Å²) >= 11 is 0. The first-order valence-electron chi connectivity index (χ1n) is 7.63. The molecule has 0 radical (unpaired) electrons. The molecular formula is C16H26N2O2S. The Hall–Kier alpha value is -0.750. The summed E-state index contributed by atoms with van der Waals surface area (Å²) in [7, 11) is -0.900. The quantitative estimate of drug-likeness (QED) is 0.860. The van der Waals surface area contributed by atoms with Gasteiger partial charge in [-0.05, 0) is 24.1 Å². The molecule has 0 saturated carbocycles. The molecule has 5 heteroatoms. The number of rotatable bonds is 6. The highest BCUT2D eigenvalue weighted by atomic mass is 32.2. The molecule has 0 aromatic heterocycles. The van der Waals surface area contributed by atoms with Gasteiger partial charge in [0.2, 0.25) is 0 Å². The maximum atomic E-state index is 11.4. The highest BCUT2D eigenvalue weighted by Gasteiger charge is 2.22. The van der Waals surface area contributed by atoms with Gasteiger partial charge in [0, 0.05) is 60.7 Å². The molecule has 2 unspecified atom stereocenters. The summed E-state index contributed by atoms with van der Waals surface area (Å²) in [6.45, 7) is 7.46. The molecule has 21 heavy (non-hydrogen) atoms. The largest absolute Gasteiger partial charge is 0.395 e. The van der Waals surface area contributed by atoms with Crippen molar-refractivity contribution in [2.75, 3.05) is 39.0 Å². The second kappa shape index (κ2) is 8.03. The molecule has 2 rings (SSSR count). The van der Waals surface area contributed by atoms with Gasteiger partial charge in [-0.2, -0.15) is 0 Å². The summed E-state index contributed by atoms with van der Waals surface area (Å²) in [6, 6.07) is 8.38. The Morgan fingerprint density at radius 1 is 1.19 bits per heavy atom. The molecule has 118 valence electrons. The normalized spacial score (nSPS) is 20.3. The molecule has 1 heterocycles. The van der Waals surface area contributed by atoms with Crippen LogP contribution in [-0.4, -0.2) is 64.2 Å². The molecule has 1 N–H and O–H groups in total.